The van der Waals surface area contributed by atoms with Gasteiger partial charge >= 0.3 is 0 Å². The van der Waals surface area contributed by atoms with Crippen molar-refractivity contribution in [3.63, 3.8) is 0 Å². The van der Waals surface area contributed by atoms with Gasteiger partial charge in [-0.1, -0.05) is 17.3 Å². The lowest BCUT2D eigenvalue weighted by Crippen LogP contribution is -2.20. The summed E-state index contributed by atoms with van der Waals surface area (Å²) < 4.78 is 7.61. The summed E-state index contributed by atoms with van der Waals surface area (Å²) in [5.74, 6) is 0.975. The van der Waals surface area contributed by atoms with Gasteiger partial charge in [0.15, 0.2) is 0 Å². The molecule has 6 nitrogen and oxygen atoms in total. The molecule has 1 aromatic heterocycles. The minimum atomic E-state index is 0.162. The van der Waals surface area contributed by atoms with Gasteiger partial charge in [-0.15, -0.1) is 0 Å². The third-order valence-electron chi connectivity index (χ3n) is 3.41. The van der Waals surface area contributed by atoms with Gasteiger partial charge in [0.2, 0.25) is 0 Å². The van der Waals surface area contributed by atoms with Crippen LogP contribution in [0.1, 0.15) is 18.3 Å². The number of rotatable bonds is 3. The fraction of sp³-hybridized carbons (Fsp3) is 0.385. The van der Waals surface area contributed by atoms with E-state index in [0.29, 0.717) is 13.0 Å². The van der Waals surface area contributed by atoms with Crippen LogP contribution in [0.2, 0.25) is 0 Å². The average Bonchev–Trinajstić information content (AvgIpc) is 3.04. The summed E-state index contributed by atoms with van der Waals surface area (Å²) in [7, 11) is 0. The van der Waals surface area contributed by atoms with Crippen LogP contribution in [0.3, 0.4) is 0 Å². The van der Waals surface area contributed by atoms with Crippen molar-refractivity contribution < 1.29 is 9.94 Å². The number of hydrogen-bond donors (Lipinski definition) is 2. The first-order chi connectivity index (χ1) is 9.29. The van der Waals surface area contributed by atoms with Gasteiger partial charge < -0.3 is 20.2 Å². The van der Waals surface area contributed by atoms with Crippen LogP contribution in [0, 0.1) is 0 Å². The second kappa shape index (κ2) is 4.89. The molecule has 1 fully saturated rings. The highest BCUT2D eigenvalue weighted by molar-refractivity contribution is 5.83. The number of aromatic nitrogens is 2. The Bertz CT molecular complexity index is 614. The van der Waals surface area contributed by atoms with Crippen LogP contribution in [0.5, 0.6) is 0 Å². The highest BCUT2D eigenvalue weighted by Crippen LogP contribution is 2.26. The van der Waals surface area contributed by atoms with Gasteiger partial charge in [0.1, 0.15) is 11.7 Å². The molecule has 0 spiro atoms. The van der Waals surface area contributed by atoms with Crippen molar-refractivity contribution in [2.24, 2.45) is 10.9 Å². The Labute approximate surface area is 110 Å². The summed E-state index contributed by atoms with van der Waals surface area (Å²) in [6, 6.07) is 8.23. The fourth-order valence-corrected chi connectivity index (χ4v) is 2.55. The minimum Gasteiger partial charge on any atom is -0.409 e. The van der Waals surface area contributed by atoms with Gasteiger partial charge in [0.05, 0.1) is 30.1 Å². The highest BCUT2D eigenvalue weighted by atomic mass is 16.5. The predicted molar refractivity (Wildman–Crippen MR) is 71.3 cm³/mol. The molecule has 19 heavy (non-hydrogen) atoms. The molecule has 0 aliphatic carbocycles. The molecule has 2 heterocycles. The second-order valence-corrected chi connectivity index (χ2v) is 4.67. The second-order valence-electron chi connectivity index (χ2n) is 4.67. The normalized spacial score (nSPS) is 20.2. The molecule has 1 aliphatic heterocycles. The Kier molecular flexibility index (Phi) is 3.08. The topological polar surface area (TPSA) is 85.7 Å². The third-order valence-corrected chi connectivity index (χ3v) is 3.41. The van der Waals surface area contributed by atoms with Gasteiger partial charge in [-0.05, 0) is 18.6 Å². The molecular formula is C13H16N4O2. The van der Waals surface area contributed by atoms with Gasteiger partial charge in [0, 0.05) is 6.61 Å². The van der Waals surface area contributed by atoms with E-state index in [2.05, 4.69) is 14.7 Å². The van der Waals surface area contributed by atoms with E-state index < -0.39 is 0 Å². The Morgan fingerprint density at radius 3 is 3.11 bits per heavy atom. The molecule has 1 atom stereocenters. The number of amidine groups is 1. The Morgan fingerprint density at radius 1 is 1.53 bits per heavy atom. The van der Waals surface area contributed by atoms with Crippen molar-refractivity contribution >= 4 is 16.9 Å². The molecule has 1 saturated heterocycles. The molecular weight excluding hydrogens is 244 g/mol. The van der Waals surface area contributed by atoms with Crippen LogP contribution in [0.15, 0.2) is 29.4 Å². The van der Waals surface area contributed by atoms with Gasteiger partial charge in [0.25, 0.3) is 0 Å². The van der Waals surface area contributed by atoms with E-state index in [1.807, 2.05) is 24.3 Å². The Morgan fingerprint density at radius 2 is 2.37 bits per heavy atom. The van der Waals surface area contributed by atoms with Crippen LogP contribution >= 0.6 is 0 Å². The first kappa shape index (κ1) is 12.0. The summed E-state index contributed by atoms with van der Waals surface area (Å²) in [5, 5.41) is 11.8. The smallest absolute Gasteiger partial charge is 0.146 e. The van der Waals surface area contributed by atoms with E-state index >= 15 is 0 Å². The molecule has 0 bridgehead atoms. The number of benzene rings is 1. The van der Waals surface area contributed by atoms with E-state index in [4.69, 9.17) is 15.7 Å². The van der Waals surface area contributed by atoms with E-state index in [0.717, 1.165) is 29.9 Å². The van der Waals surface area contributed by atoms with E-state index in [9.17, 15) is 0 Å². The van der Waals surface area contributed by atoms with Crippen molar-refractivity contribution in [3.8, 4) is 0 Å². The lowest BCUT2D eigenvalue weighted by molar-refractivity contribution is 0.187. The lowest BCUT2D eigenvalue weighted by atomic mass is 10.2. The monoisotopic (exact) mass is 260 g/mol. The highest BCUT2D eigenvalue weighted by Gasteiger charge is 2.23. The molecule has 100 valence electrons. The van der Waals surface area contributed by atoms with Crippen LogP contribution in [0.25, 0.3) is 11.0 Å². The maximum atomic E-state index is 8.73. The van der Waals surface area contributed by atoms with Crippen molar-refractivity contribution in [1.82, 2.24) is 9.55 Å². The van der Waals surface area contributed by atoms with Crippen molar-refractivity contribution in [2.75, 3.05) is 13.2 Å². The maximum absolute atomic E-state index is 8.73. The summed E-state index contributed by atoms with van der Waals surface area (Å²) >= 11 is 0. The molecule has 1 unspecified atom stereocenters. The number of imidazole rings is 1. The molecule has 6 heteroatoms. The molecule has 1 aromatic carbocycles. The quantitative estimate of drug-likeness (QED) is 0.377. The first-order valence-electron chi connectivity index (χ1n) is 6.29. The summed E-state index contributed by atoms with van der Waals surface area (Å²) in [6.45, 7) is 1.45. The van der Waals surface area contributed by atoms with Crippen LogP contribution in [-0.2, 0) is 11.2 Å². The number of fused-ring (bicyclic) bond motifs is 1. The Hall–Kier alpha value is -2.08. The number of ether oxygens (including phenoxy) is 1. The van der Waals surface area contributed by atoms with Crippen LogP contribution in [0.4, 0.5) is 0 Å². The van der Waals surface area contributed by atoms with Crippen LogP contribution < -0.4 is 5.73 Å². The number of oxime groups is 1. The largest absolute Gasteiger partial charge is 0.409 e. The van der Waals surface area contributed by atoms with Gasteiger partial charge in [-0.3, -0.25) is 0 Å². The SMILES string of the molecule is NC(Cc1nc2ccccc2n1C1CCOC1)=NO. The number of nitrogens with zero attached hydrogens (tertiary/aromatic N) is 3. The predicted octanol–water partition coefficient (Wildman–Crippen LogP) is 1.29. The third kappa shape index (κ3) is 2.15. The molecule has 0 saturated carbocycles. The molecule has 3 N–H and O–H groups in total. The molecule has 2 aromatic rings. The zero-order valence-electron chi connectivity index (χ0n) is 10.5. The zero-order valence-corrected chi connectivity index (χ0v) is 10.5. The number of para-hydroxylation sites is 2. The fourth-order valence-electron chi connectivity index (χ4n) is 2.55. The number of nitrogens with two attached hydrogens (primary N) is 1. The van der Waals surface area contributed by atoms with Crippen molar-refractivity contribution in [3.05, 3.63) is 30.1 Å². The van der Waals surface area contributed by atoms with Crippen LogP contribution in [-0.4, -0.2) is 33.8 Å². The van der Waals surface area contributed by atoms with Crippen molar-refractivity contribution in [2.45, 2.75) is 18.9 Å². The van der Waals surface area contributed by atoms with Gasteiger partial charge in [-0.2, -0.15) is 0 Å². The molecule has 0 radical (unpaired) electrons. The molecule has 3 rings (SSSR count). The van der Waals surface area contributed by atoms with Gasteiger partial charge in [-0.25, -0.2) is 4.98 Å². The Balaban J connectivity index is 2.10. The van der Waals surface area contributed by atoms with Crippen molar-refractivity contribution in [1.29, 1.82) is 0 Å². The average molecular weight is 260 g/mol. The lowest BCUT2D eigenvalue weighted by Gasteiger charge is -2.14. The van der Waals surface area contributed by atoms with E-state index in [-0.39, 0.29) is 11.9 Å². The van der Waals surface area contributed by atoms with E-state index in [1.54, 1.807) is 0 Å². The zero-order chi connectivity index (χ0) is 13.2. The first-order valence-corrected chi connectivity index (χ1v) is 6.29. The molecule has 1 aliphatic rings. The standard InChI is InChI=1S/C13H16N4O2/c14-12(16-18)7-13-15-10-3-1-2-4-11(10)17(13)9-5-6-19-8-9/h1-4,9,18H,5-8H2,(H2,14,16). The summed E-state index contributed by atoms with van der Waals surface area (Å²) in [5.41, 5.74) is 7.60. The minimum absolute atomic E-state index is 0.162. The number of hydrogen-bond acceptors (Lipinski definition) is 4. The summed E-state index contributed by atoms with van der Waals surface area (Å²) in [6.07, 6.45) is 1.30. The molecule has 0 amide bonds. The van der Waals surface area contributed by atoms with E-state index in [1.165, 1.54) is 0 Å². The summed E-state index contributed by atoms with van der Waals surface area (Å²) in [4.78, 5) is 4.58. The maximum Gasteiger partial charge on any atom is 0.146 e.